The fourth-order valence-corrected chi connectivity index (χ4v) is 3.45. The van der Waals surface area contributed by atoms with Crippen LogP contribution >= 0.6 is 24.0 Å². The molecule has 1 saturated carbocycles. The van der Waals surface area contributed by atoms with Gasteiger partial charge in [-0.05, 0) is 56.1 Å². The molecule has 1 fully saturated rings. The summed E-state index contributed by atoms with van der Waals surface area (Å²) in [5.41, 5.74) is 1.15. The molecule has 0 unspecified atom stereocenters. The zero-order chi connectivity index (χ0) is 17.5. The Morgan fingerprint density at radius 1 is 1.23 bits per heavy atom. The van der Waals surface area contributed by atoms with Gasteiger partial charge in [0.25, 0.3) is 0 Å². The van der Waals surface area contributed by atoms with Gasteiger partial charge in [0.05, 0.1) is 0 Å². The standard InChI is InChI=1S/C20H30N4O.HI/c1-15-7-9-18(10-8-15)25-19-13-16(11-12-22-19)14-23-20(21-2)24-17-5-3-4-6-17;/h3-4,11-13,15,17-18H,5-10,14H2,1-2H3,(H2,21,23,24);1H. The molecular weight excluding hydrogens is 439 g/mol. The van der Waals surface area contributed by atoms with Crippen molar-refractivity contribution in [3.63, 3.8) is 0 Å². The second kappa shape index (κ2) is 10.7. The molecule has 0 amide bonds. The summed E-state index contributed by atoms with van der Waals surface area (Å²) < 4.78 is 6.09. The molecule has 26 heavy (non-hydrogen) atoms. The number of aliphatic imine (C=N–C) groups is 1. The van der Waals surface area contributed by atoms with Crippen LogP contribution in [0.15, 0.2) is 35.5 Å². The van der Waals surface area contributed by atoms with E-state index >= 15 is 0 Å². The third kappa shape index (κ3) is 6.45. The van der Waals surface area contributed by atoms with E-state index < -0.39 is 0 Å². The van der Waals surface area contributed by atoms with E-state index in [2.05, 4.69) is 39.7 Å². The first kappa shape index (κ1) is 21.0. The quantitative estimate of drug-likeness (QED) is 0.295. The number of halogens is 1. The van der Waals surface area contributed by atoms with Gasteiger partial charge < -0.3 is 15.4 Å². The summed E-state index contributed by atoms with van der Waals surface area (Å²) >= 11 is 0. The van der Waals surface area contributed by atoms with Crippen molar-refractivity contribution < 1.29 is 4.74 Å². The lowest BCUT2D eigenvalue weighted by Crippen LogP contribution is -2.42. The highest BCUT2D eigenvalue weighted by Crippen LogP contribution is 2.26. The molecule has 0 aromatic carbocycles. The fourth-order valence-electron chi connectivity index (χ4n) is 3.45. The Morgan fingerprint density at radius 3 is 2.65 bits per heavy atom. The van der Waals surface area contributed by atoms with Crippen LogP contribution in [0.4, 0.5) is 0 Å². The first-order valence-corrected chi connectivity index (χ1v) is 9.46. The molecule has 1 aromatic rings. The van der Waals surface area contributed by atoms with Gasteiger partial charge in [0.15, 0.2) is 5.96 Å². The highest BCUT2D eigenvalue weighted by atomic mass is 127. The molecule has 0 bridgehead atoms. The molecule has 0 spiro atoms. The third-order valence-electron chi connectivity index (χ3n) is 5.08. The molecular formula is C20H31IN4O. The van der Waals surface area contributed by atoms with Gasteiger partial charge in [0.1, 0.15) is 6.10 Å². The van der Waals surface area contributed by atoms with Gasteiger partial charge in [0, 0.05) is 31.9 Å². The molecule has 3 rings (SSSR count). The number of nitrogens with one attached hydrogen (secondary N) is 2. The van der Waals surface area contributed by atoms with E-state index in [1.165, 1.54) is 12.8 Å². The maximum Gasteiger partial charge on any atom is 0.213 e. The first-order valence-electron chi connectivity index (χ1n) is 9.46. The Morgan fingerprint density at radius 2 is 1.96 bits per heavy atom. The lowest BCUT2D eigenvalue weighted by atomic mass is 9.89. The van der Waals surface area contributed by atoms with E-state index in [1.807, 2.05) is 25.4 Å². The molecule has 2 N–H and O–H groups in total. The van der Waals surface area contributed by atoms with Crippen molar-refractivity contribution in [2.24, 2.45) is 10.9 Å². The lowest BCUT2D eigenvalue weighted by Gasteiger charge is -2.26. The van der Waals surface area contributed by atoms with Gasteiger partial charge in [-0.1, -0.05) is 19.1 Å². The molecule has 144 valence electrons. The van der Waals surface area contributed by atoms with Gasteiger partial charge >= 0.3 is 0 Å². The summed E-state index contributed by atoms with van der Waals surface area (Å²) in [6, 6.07) is 4.51. The van der Waals surface area contributed by atoms with Crippen molar-refractivity contribution in [1.29, 1.82) is 0 Å². The predicted molar refractivity (Wildman–Crippen MR) is 117 cm³/mol. The molecule has 6 heteroatoms. The molecule has 2 aliphatic carbocycles. The van der Waals surface area contributed by atoms with Crippen LogP contribution in [0.2, 0.25) is 0 Å². The lowest BCUT2D eigenvalue weighted by molar-refractivity contribution is 0.130. The summed E-state index contributed by atoms with van der Waals surface area (Å²) in [7, 11) is 1.81. The van der Waals surface area contributed by atoms with Crippen LogP contribution in [0, 0.1) is 5.92 Å². The minimum atomic E-state index is 0. The van der Waals surface area contributed by atoms with Crippen molar-refractivity contribution in [1.82, 2.24) is 15.6 Å². The van der Waals surface area contributed by atoms with Crippen LogP contribution in [-0.2, 0) is 6.54 Å². The van der Waals surface area contributed by atoms with E-state index in [1.54, 1.807) is 0 Å². The first-order chi connectivity index (χ1) is 12.2. The smallest absolute Gasteiger partial charge is 0.213 e. The normalized spacial score (nSPS) is 23.4. The van der Waals surface area contributed by atoms with E-state index in [4.69, 9.17) is 4.74 Å². The van der Waals surface area contributed by atoms with Crippen molar-refractivity contribution >= 4 is 29.9 Å². The van der Waals surface area contributed by atoms with Gasteiger partial charge in [-0.15, -0.1) is 24.0 Å². The molecule has 5 nitrogen and oxygen atoms in total. The Labute approximate surface area is 174 Å². The van der Waals surface area contributed by atoms with Crippen LogP contribution < -0.4 is 15.4 Å². The van der Waals surface area contributed by atoms with Crippen LogP contribution in [0.5, 0.6) is 5.88 Å². The van der Waals surface area contributed by atoms with Gasteiger partial charge in [-0.2, -0.15) is 0 Å². The molecule has 0 radical (unpaired) electrons. The van der Waals surface area contributed by atoms with Crippen LogP contribution in [0.25, 0.3) is 0 Å². The number of ether oxygens (including phenoxy) is 1. The Bertz CT molecular complexity index is 604. The maximum absolute atomic E-state index is 6.09. The monoisotopic (exact) mass is 470 g/mol. The van der Waals surface area contributed by atoms with Gasteiger partial charge in [0.2, 0.25) is 5.88 Å². The highest BCUT2D eigenvalue weighted by Gasteiger charge is 2.20. The predicted octanol–water partition coefficient (Wildman–Crippen LogP) is 4.04. The molecule has 1 heterocycles. The molecule has 0 saturated heterocycles. The zero-order valence-corrected chi connectivity index (χ0v) is 18.1. The topological polar surface area (TPSA) is 58.5 Å². The fraction of sp³-hybridized carbons (Fsp3) is 0.600. The summed E-state index contributed by atoms with van der Waals surface area (Å²) in [5, 5.41) is 6.83. The van der Waals surface area contributed by atoms with Crippen molar-refractivity contribution in [3.8, 4) is 5.88 Å². The van der Waals surface area contributed by atoms with Crippen molar-refractivity contribution in [2.45, 2.75) is 64.1 Å². The van der Waals surface area contributed by atoms with E-state index in [9.17, 15) is 0 Å². The van der Waals surface area contributed by atoms with E-state index in [0.29, 0.717) is 18.7 Å². The van der Waals surface area contributed by atoms with Gasteiger partial charge in [-0.3, -0.25) is 4.99 Å². The number of pyridine rings is 1. The average Bonchev–Trinajstić information content (AvgIpc) is 3.14. The molecule has 2 aliphatic rings. The Kier molecular flexibility index (Phi) is 8.68. The number of aromatic nitrogens is 1. The number of hydrogen-bond acceptors (Lipinski definition) is 3. The average molecular weight is 470 g/mol. The highest BCUT2D eigenvalue weighted by molar-refractivity contribution is 14.0. The Balaban J connectivity index is 0.00000243. The van der Waals surface area contributed by atoms with Crippen LogP contribution in [0.1, 0.15) is 51.0 Å². The number of guanidine groups is 1. The number of hydrogen-bond donors (Lipinski definition) is 2. The third-order valence-corrected chi connectivity index (χ3v) is 5.08. The maximum atomic E-state index is 6.09. The Hall–Kier alpha value is -1.31. The van der Waals surface area contributed by atoms with E-state index in [-0.39, 0.29) is 24.0 Å². The SMILES string of the molecule is CN=C(NCc1ccnc(OC2CCC(C)CC2)c1)NC1CC=CC1.I. The van der Waals surface area contributed by atoms with Crippen molar-refractivity contribution in [3.05, 3.63) is 36.0 Å². The second-order valence-electron chi connectivity index (χ2n) is 7.21. The summed E-state index contributed by atoms with van der Waals surface area (Å²) in [4.78, 5) is 8.69. The van der Waals surface area contributed by atoms with Crippen LogP contribution in [0.3, 0.4) is 0 Å². The number of rotatable bonds is 5. The minimum Gasteiger partial charge on any atom is -0.474 e. The summed E-state index contributed by atoms with van der Waals surface area (Å²) in [5.74, 6) is 2.41. The molecule has 0 atom stereocenters. The van der Waals surface area contributed by atoms with Crippen LogP contribution in [-0.4, -0.2) is 30.1 Å². The van der Waals surface area contributed by atoms with Crippen molar-refractivity contribution in [2.75, 3.05) is 7.05 Å². The van der Waals surface area contributed by atoms with E-state index in [0.717, 1.165) is 49.0 Å². The van der Waals surface area contributed by atoms with Gasteiger partial charge in [-0.25, -0.2) is 4.98 Å². The second-order valence-corrected chi connectivity index (χ2v) is 7.21. The molecule has 0 aliphatic heterocycles. The zero-order valence-electron chi connectivity index (χ0n) is 15.8. The summed E-state index contributed by atoms with van der Waals surface area (Å²) in [6.45, 7) is 3.03. The summed E-state index contributed by atoms with van der Waals surface area (Å²) in [6.07, 6.45) is 13.5. The largest absolute Gasteiger partial charge is 0.474 e. The molecule has 1 aromatic heterocycles. The number of nitrogens with zero attached hydrogens (tertiary/aromatic N) is 2. The minimum absolute atomic E-state index is 0.